The highest BCUT2D eigenvalue weighted by Crippen LogP contribution is 2.21. The van der Waals surface area contributed by atoms with Crippen molar-refractivity contribution >= 4 is 42.6 Å². The van der Waals surface area contributed by atoms with E-state index in [2.05, 4.69) is 63.1 Å². The molecule has 0 radical (unpaired) electrons. The van der Waals surface area contributed by atoms with E-state index in [9.17, 15) is 38.8 Å². The second-order valence-electron chi connectivity index (χ2n) is 15.7. The first-order chi connectivity index (χ1) is 29.8. The molecule has 17 nitrogen and oxygen atoms in total. The molecule has 0 saturated heterocycles. The summed E-state index contributed by atoms with van der Waals surface area (Å²) in [6.07, 6.45) is 7.27. The lowest BCUT2D eigenvalue weighted by Gasteiger charge is -2.26. The second-order valence-corrected chi connectivity index (χ2v) is 15.7. The van der Waals surface area contributed by atoms with Crippen molar-refractivity contribution in [2.45, 2.75) is 141 Å². The predicted molar refractivity (Wildman–Crippen MR) is 242 cm³/mol. The maximum atomic E-state index is 13.7. The molecule has 5 atom stereocenters. The first-order valence-corrected chi connectivity index (χ1v) is 22.2. The van der Waals surface area contributed by atoms with Gasteiger partial charge in [0.15, 0.2) is 0 Å². The lowest BCUT2D eigenvalue weighted by atomic mass is 9.81. The summed E-state index contributed by atoms with van der Waals surface area (Å²) < 4.78 is 0. The van der Waals surface area contributed by atoms with Gasteiger partial charge >= 0.3 is 7.12 Å². The molecule has 0 unspecified atom stereocenters. The Labute approximate surface area is 367 Å². The molecular weight excluding hydrogens is 793 g/mol. The number of nitrogens with two attached hydrogens (primary N) is 3. The number of carbonyl (C=O) groups is 6. The van der Waals surface area contributed by atoms with Gasteiger partial charge in [-0.25, -0.2) is 0 Å². The Kier molecular flexibility index (Phi) is 26.0. The summed E-state index contributed by atoms with van der Waals surface area (Å²) in [7, 11) is -1.81. The van der Waals surface area contributed by atoms with E-state index in [0.29, 0.717) is 63.7 Å². The number of unbranched alkanes of at least 4 members (excludes halogenated alkanes) is 4. The number of amides is 6. The van der Waals surface area contributed by atoms with Gasteiger partial charge in [0.25, 0.3) is 5.91 Å². The van der Waals surface area contributed by atoms with E-state index in [1.165, 1.54) is 12.5 Å². The number of hydrogen-bond acceptors (Lipinski definition) is 11. The van der Waals surface area contributed by atoms with E-state index in [1.54, 1.807) is 19.1 Å². The van der Waals surface area contributed by atoms with Crippen molar-refractivity contribution in [2.24, 2.45) is 17.2 Å². The Balaban J connectivity index is 2.07. The standard InChI is InChI=1S/C44H72BN9O8/c1-4-6-13-31-17-19-32(20-18-31)33-21-23-34(24-22-33)40(56)49-29-25-39(55)51-36(14-7-10-26-46)43(59)54-38(16-9-12-28-48)44(60)52-35(5-2)41(57)53-37(15-8-11-27-47)42(58)50-30(3)45(61)62/h17-24,30,35-38,61-62H,4-16,25-29,46-48H2,1-3H3,(H,49,56)(H,50,58)(H,51,55)(H,52,60)(H,53,57)(H,54,59)/t30-,35-,36-,37-,38-/m0/s1. The summed E-state index contributed by atoms with van der Waals surface area (Å²) in [5.41, 5.74) is 20.8. The molecule has 62 heavy (non-hydrogen) atoms. The van der Waals surface area contributed by atoms with E-state index >= 15 is 0 Å². The van der Waals surface area contributed by atoms with Crippen molar-refractivity contribution in [3.63, 3.8) is 0 Å². The molecule has 0 bridgehead atoms. The molecule has 14 N–H and O–H groups in total. The summed E-state index contributed by atoms with van der Waals surface area (Å²) in [5, 5.41) is 35.0. The maximum Gasteiger partial charge on any atom is 0.475 e. The third kappa shape index (κ3) is 19.9. The number of benzene rings is 2. The monoisotopic (exact) mass is 866 g/mol. The fourth-order valence-corrected chi connectivity index (χ4v) is 6.57. The first-order valence-electron chi connectivity index (χ1n) is 22.2. The number of nitrogens with one attached hydrogen (secondary N) is 6. The summed E-state index contributed by atoms with van der Waals surface area (Å²) in [5.74, 6) is -4.33. The molecule has 6 amide bonds. The molecule has 344 valence electrons. The van der Waals surface area contributed by atoms with Gasteiger partial charge in [-0.1, -0.05) is 56.7 Å². The Bertz CT molecular complexity index is 1670. The maximum absolute atomic E-state index is 13.7. The Morgan fingerprint density at radius 3 is 1.47 bits per heavy atom. The molecule has 2 aromatic carbocycles. The summed E-state index contributed by atoms with van der Waals surface area (Å²) >= 11 is 0. The minimum absolute atomic E-state index is 0.0192. The van der Waals surface area contributed by atoms with Crippen LogP contribution in [0.3, 0.4) is 0 Å². The fraction of sp³-hybridized carbons (Fsp3) is 0.591. The molecule has 0 saturated carbocycles. The lowest BCUT2D eigenvalue weighted by molar-refractivity contribution is -0.135. The van der Waals surface area contributed by atoms with Crippen LogP contribution in [-0.2, 0) is 30.4 Å². The van der Waals surface area contributed by atoms with Crippen LogP contribution in [0.4, 0.5) is 0 Å². The van der Waals surface area contributed by atoms with Gasteiger partial charge in [-0.2, -0.15) is 0 Å². The topological polar surface area (TPSA) is 293 Å². The molecule has 0 aliphatic heterocycles. The molecule has 2 rings (SSSR count). The predicted octanol–water partition coefficient (Wildman–Crippen LogP) is 1.07. The lowest BCUT2D eigenvalue weighted by Crippen LogP contribution is -2.59. The molecule has 0 heterocycles. The zero-order chi connectivity index (χ0) is 45.9. The van der Waals surface area contributed by atoms with E-state index in [1.807, 2.05) is 12.1 Å². The largest absolute Gasteiger partial charge is 0.475 e. The average molecular weight is 866 g/mol. The molecule has 0 aliphatic rings. The van der Waals surface area contributed by atoms with Gasteiger partial charge in [-0.3, -0.25) is 28.8 Å². The van der Waals surface area contributed by atoms with Gasteiger partial charge in [0.1, 0.15) is 24.2 Å². The number of aryl methyl sites for hydroxylation is 1. The minimum Gasteiger partial charge on any atom is -0.426 e. The second kappa shape index (κ2) is 30.2. The SMILES string of the molecule is CCCCc1ccc(-c2ccc(C(=O)NCCC(=O)N[C@@H](CCCCN)C(=O)N[C@@H](CCCCN)C(=O)N[C@@H](CC)C(=O)N[C@@H](CCCCN)C(=O)N[C@@H](C)B(O)O)cc2)cc1. The van der Waals surface area contributed by atoms with Crippen molar-refractivity contribution in [1.29, 1.82) is 0 Å². The van der Waals surface area contributed by atoms with Crippen LogP contribution in [0.15, 0.2) is 48.5 Å². The third-order valence-corrected chi connectivity index (χ3v) is 10.5. The van der Waals surface area contributed by atoms with Crippen LogP contribution in [0.2, 0.25) is 0 Å². The van der Waals surface area contributed by atoms with Gasteiger partial charge in [-0.15, -0.1) is 0 Å². The van der Waals surface area contributed by atoms with Crippen LogP contribution in [-0.4, -0.2) is 109 Å². The van der Waals surface area contributed by atoms with Crippen LogP contribution >= 0.6 is 0 Å². The number of carbonyl (C=O) groups excluding carboxylic acids is 6. The molecule has 18 heteroatoms. The zero-order valence-electron chi connectivity index (χ0n) is 36.9. The average Bonchev–Trinajstić information content (AvgIpc) is 3.26. The van der Waals surface area contributed by atoms with Gasteiger partial charge in [0.05, 0.1) is 5.94 Å². The number of rotatable bonds is 31. The molecule has 0 aromatic heterocycles. The normalized spacial score (nSPS) is 13.4. The van der Waals surface area contributed by atoms with Crippen molar-refractivity contribution in [1.82, 2.24) is 31.9 Å². The van der Waals surface area contributed by atoms with Crippen molar-refractivity contribution in [3.8, 4) is 11.1 Å². The quantitative estimate of drug-likeness (QED) is 0.0377. The van der Waals surface area contributed by atoms with Crippen LogP contribution in [0.25, 0.3) is 11.1 Å². The molecule has 2 aromatic rings. The highest BCUT2D eigenvalue weighted by molar-refractivity contribution is 6.43. The fourth-order valence-electron chi connectivity index (χ4n) is 6.57. The summed E-state index contributed by atoms with van der Waals surface area (Å²) in [6.45, 7) is 6.38. The summed E-state index contributed by atoms with van der Waals surface area (Å²) in [4.78, 5) is 80.0. The van der Waals surface area contributed by atoms with Crippen LogP contribution in [0, 0.1) is 0 Å². The van der Waals surface area contributed by atoms with Gasteiger partial charge in [0, 0.05) is 18.5 Å². The third-order valence-electron chi connectivity index (χ3n) is 10.5. The van der Waals surface area contributed by atoms with Crippen molar-refractivity contribution < 1.29 is 38.8 Å². The van der Waals surface area contributed by atoms with Gasteiger partial charge < -0.3 is 59.1 Å². The molecule has 0 aliphatic carbocycles. The summed E-state index contributed by atoms with van der Waals surface area (Å²) in [6, 6.07) is 11.4. The van der Waals surface area contributed by atoms with E-state index in [4.69, 9.17) is 17.2 Å². The number of hydrogen-bond donors (Lipinski definition) is 11. The van der Waals surface area contributed by atoms with Crippen molar-refractivity contribution in [3.05, 3.63) is 59.7 Å². The van der Waals surface area contributed by atoms with E-state index in [-0.39, 0.29) is 44.6 Å². The van der Waals surface area contributed by atoms with Crippen LogP contribution < -0.4 is 49.1 Å². The van der Waals surface area contributed by atoms with Gasteiger partial charge in [0.2, 0.25) is 29.5 Å². The Hall–Kier alpha value is -4.88. The highest BCUT2D eigenvalue weighted by atomic mass is 16.4. The van der Waals surface area contributed by atoms with Crippen molar-refractivity contribution in [2.75, 3.05) is 26.2 Å². The molecular formula is C44H72BN9O8. The smallest absolute Gasteiger partial charge is 0.426 e. The zero-order valence-corrected chi connectivity index (χ0v) is 36.9. The first kappa shape index (κ1) is 53.3. The molecule has 0 fully saturated rings. The van der Waals surface area contributed by atoms with E-state index < -0.39 is 66.8 Å². The van der Waals surface area contributed by atoms with Crippen LogP contribution in [0.1, 0.15) is 120 Å². The Morgan fingerprint density at radius 1 is 0.581 bits per heavy atom. The van der Waals surface area contributed by atoms with E-state index in [0.717, 1.165) is 30.4 Å². The minimum atomic E-state index is -1.81. The van der Waals surface area contributed by atoms with Crippen LogP contribution in [0.5, 0.6) is 0 Å². The van der Waals surface area contributed by atoms with Gasteiger partial charge in [-0.05, 0) is 132 Å². The Morgan fingerprint density at radius 2 is 1.02 bits per heavy atom. The highest BCUT2D eigenvalue weighted by Gasteiger charge is 2.31. The molecule has 0 spiro atoms.